The summed E-state index contributed by atoms with van der Waals surface area (Å²) in [6.45, 7) is 3.57. The van der Waals surface area contributed by atoms with E-state index >= 15 is 0 Å². The van der Waals surface area contributed by atoms with Crippen molar-refractivity contribution >= 4 is 96.2 Å². The van der Waals surface area contributed by atoms with Gasteiger partial charge in [0.25, 0.3) is 15.5 Å². The number of aryl methyl sites for hydroxylation is 4. The van der Waals surface area contributed by atoms with E-state index in [0.29, 0.717) is 30.0 Å². The number of nitrogens with two attached hydrogens (primary N) is 1. The summed E-state index contributed by atoms with van der Waals surface area (Å²) < 4.78 is 83.6. The normalized spacial score (nSPS) is 14.3. The minimum atomic E-state index is -4.64. The molecule has 4 atom stereocenters. The fourth-order valence-electron chi connectivity index (χ4n) is 14.1. The number of nitrogens with zero attached hydrogens (tertiary/aromatic N) is 3. The molecule has 0 radical (unpaired) electrons. The quantitative estimate of drug-likeness (QED) is 0.0163. The van der Waals surface area contributed by atoms with Crippen LogP contribution in [0.3, 0.4) is 0 Å². The van der Waals surface area contributed by atoms with Crippen LogP contribution in [0.2, 0.25) is 0 Å². The standard InChI is InChI=1S/C27H26N2O2S.C19H23Br.C18H22BrN.C18H21N.C9H6ClNO2S.C2HF3O.CH2O3.2K.H/c30-32(31,26-17-7-14-23-15-8-18-28-27(23)26)29-20-24-12-5-4-11-22(24)13-6-16-25(29)19-21-9-2-1-3-10-21;1-16(14-17-9-3-2-4-10-17)8-7-13-18-11-5-6-12-19(18)15-20;19-14-17-10-5-4-9-16(17)11-6-12-18(20)13-15-7-2-1-3-8-15;1-2-7-15(8-3-1)13-18-12-6-11-16-9-4-5-10-17(16)14-19-18;10-14(12,13)8-5-1-3-7-4-2-6-11-9(7)8;3-2(4,5)1-6;2-1-4-3;;;/h1-5,7-12,14-15,17-18,25H,6,13,16,19-20H2;2-6,9-12,16H,7-8,13-15H2,1H3;1-5,7-10,18H,6,11-14,20H2;1-5,7-10,18-19H,6,11-14H2;1-6H;1H;1,3H;;;/q;;;;;;;2*+1;-1/p-1. The molecule has 0 spiro atoms. The Kier molecular flexibility index (Phi) is 46.6. The number of carbonyl (C=O) groups excluding carboxylic acids is 2. The van der Waals surface area contributed by atoms with E-state index in [9.17, 15) is 30.0 Å². The Morgan fingerprint density at radius 2 is 0.940 bits per heavy atom. The molecule has 0 saturated carbocycles. The number of fused-ring (bicyclic) bond motifs is 4. The summed E-state index contributed by atoms with van der Waals surface area (Å²) in [5.74, 6) is 0.758. The zero-order chi connectivity index (χ0) is 82.1. The fourth-order valence-corrected chi connectivity index (χ4v) is 18.0. The maximum Gasteiger partial charge on any atom is 1.00 e. The van der Waals surface area contributed by atoms with Crippen molar-refractivity contribution in [2.45, 2.75) is 167 Å². The first-order valence-corrected chi connectivity index (χ1v) is 44.6. The molecule has 23 heteroatoms. The van der Waals surface area contributed by atoms with Gasteiger partial charge in [-0.25, -0.2) is 16.8 Å². The number of aldehydes is 1. The van der Waals surface area contributed by atoms with Gasteiger partial charge in [-0.2, -0.15) is 17.5 Å². The Labute approximate surface area is 797 Å². The number of rotatable bonds is 22. The van der Waals surface area contributed by atoms with E-state index in [2.05, 4.69) is 241 Å². The van der Waals surface area contributed by atoms with Crippen LogP contribution in [0.25, 0.3) is 21.8 Å². The maximum absolute atomic E-state index is 14.2. The molecule has 2 aliphatic rings. The SMILES string of the molecule is CC(CCCc1ccccc1CBr)Cc1ccccc1.NC(CCCc1ccccc1CBr)Cc1ccccc1.O=CC(F)(F)F.O=CO[O-].O=S(=O)(Cl)c1cccc2cccnc12.O=S(=O)(c1cccc2cccnc12)N1Cc2ccccc2CCCC1Cc1ccccc1.[H-].[K+].[K+].c1ccc(CC2CCCc3ccccc3CN2)cc1. The van der Waals surface area contributed by atoms with Crippen molar-refractivity contribution in [1.29, 1.82) is 0 Å². The Hall–Kier alpha value is -5.79. The summed E-state index contributed by atoms with van der Waals surface area (Å²) in [4.78, 5) is 28.7. The molecule has 3 N–H and O–H groups in total. The summed E-state index contributed by atoms with van der Waals surface area (Å²) >= 11 is 7.12. The van der Waals surface area contributed by atoms with Crippen LogP contribution < -0.4 is 119 Å². The largest absolute Gasteiger partial charge is 1.00 e. The van der Waals surface area contributed by atoms with Crippen molar-refractivity contribution in [1.82, 2.24) is 19.6 Å². The summed E-state index contributed by atoms with van der Waals surface area (Å²) in [6, 6.07) is 95.0. The first kappa shape index (κ1) is 100. The number of carbonyl (C=O) groups is 2. The van der Waals surface area contributed by atoms with E-state index in [1.54, 1.807) is 46.9 Å². The predicted molar refractivity (Wildman–Crippen MR) is 465 cm³/mol. The Morgan fingerprint density at radius 3 is 1.43 bits per heavy atom. The van der Waals surface area contributed by atoms with Crippen LogP contribution in [0.15, 0.2) is 301 Å². The third kappa shape index (κ3) is 35.3. The van der Waals surface area contributed by atoms with E-state index < -0.39 is 31.5 Å². The van der Waals surface area contributed by atoms with E-state index in [4.69, 9.17) is 31.3 Å². The number of benzene rings is 10. The van der Waals surface area contributed by atoms with Crippen LogP contribution in [0.4, 0.5) is 13.2 Å². The van der Waals surface area contributed by atoms with Crippen molar-refractivity contribution in [2.75, 3.05) is 0 Å². The Balaban J connectivity index is 0.000000259. The number of halogens is 6. The number of alkyl halides is 5. The number of hydrogen-bond acceptors (Lipinski definition) is 12. The van der Waals surface area contributed by atoms with Gasteiger partial charge >= 0.3 is 109 Å². The molecule has 10 aromatic carbocycles. The molecule has 0 fully saturated rings. The smallest absolute Gasteiger partial charge is 1.00 e. The monoisotopic (exact) mass is 1820 g/mol. The van der Waals surface area contributed by atoms with Crippen LogP contribution in [-0.2, 0) is 109 Å². The van der Waals surface area contributed by atoms with Crippen LogP contribution in [-0.4, -0.2) is 68.2 Å². The predicted octanol–water partition coefficient (Wildman–Crippen LogP) is 14.8. The molecule has 2 aliphatic heterocycles. The molecule has 117 heavy (non-hydrogen) atoms. The van der Waals surface area contributed by atoms with Crippen LogP contribution >= 0.6 is 42.5 Å². The Bertz CT molecular complexity index is 5020. The van der Waals surface area contributed by atoms with Crippen molar-refractivity contribution in [2.24, 2.45) is 11.7 Å². The number of hydrogen-bond donors (Lipinski definition) is 2. The second-order valence-electron chi connectivity index (χ2n) is 28.3. The zero-order valence-corrected chi connectivity index (χ0v) is 78.4. The fraction of sp³-hybridized carbons (Fsp3) is 0.277. The first-order valence-electron chi connectivity index (χ1n) is 38.6. The molecule has 13 nitrogen and oxygen atoms in total. The summed E-state index contributed by atoms with van der Waals surface area (Å²) in [7, 11) is -2.22. The third-order valence-corrected chi connectivity index (χ3v) is 24.3. The van der Waals surface area contributed by atoms with E-state index in [0.717, 1.165) is 96.4 Å². The van der Waals surface area contributed by atoms with Gasteiger partial charge in [-0.1, -0.05) is 300 Å². The molecule has 0 aliphatic carbocycles. The molecule has 12 aromatic rings. The van der Waals surface area contributed by atoms with Gasteiger partial charge in [-0.15, -0.1) is 0 Å². The minimum Gasteiger partial charge on any atom is -1.00 e. The molecule has 0 saturated heterocycles. The number of sulfonamides is 1. The minimum absolute atomic E-state index is 0. The molecule has 2 aromatic heterocycles. The average Bonchev–Trinajstić information content (AvgIpc) is 0.759. The molecule has 0 bridgehead atoms. The van der Waals surface area contributed by atoms with E-state index in [-0.39, 0.29) is 133 Å². The number of aromatic nitrogens is 2. The summed E-state index contributed by atoms with van der Waals surface area (Å²) in [5, 5.41) is 15.6. The van der Waals surface area contributed by atoms with Crippen molar-refractivity contribution in [3.8, 4) is 0 Å². The van der Waals surface area contributed by atoms with Gasteiger partial charge in [0.1, 0.15) is 9.79 Å². The molecule has 4 heterocycles. The van der Waals surface area contributed by atoms with Gasteiger partial charge in [-0.05, 0) is 193 Å². The first-order chi connectivity index (χ1) is 55.7. The molecule has 4 unspecified atom stereocenters. The van der Waals surface area contributed by atoms with Crippen molar-refractivity contribution < 1.29 is 154 Å². The van der Waals surface area contributed by atoms with Crippen LogP contribution in [0.1, 0.15) is 126 Å². The topological polar surface area (TPSA) is 202 Å². The second kappa shape index (κ2) is 54.6. The van der Waals surface area contributed by atoms with Crippen molar-refractivity contribution in [3.63, 3.8) is 0 Å². The van der Waals surface area contributed by atoms with Gasteiger partial charge in [0.2, 0.25) is 16.3 Å². The molecular weight excluding hydrogens is 1720 g/mol. The summed E-state index contributed by atoms with van der Waals surface area (Å²) in [5.41, 5.74) is 23.6. The maximum atomic E-state index is 14.2. The van der Waals surface area contributed by atoms with Gasteiger partial charge in [0.15, 0.2) is 0 Å². The summed E-state index contributed by atoms with van der Waals surface area (Å²) in [6.07, 6.45) is 15.1. The van der Waals surface area contributed by atoms with Crippen molar-refractivity contribution in [3.05, 3.63) is 358 Å². The van der Waals surface area contributed by atoms with E-state index in [1.165, 1.54) is 113 Å². The van der Waals surface area contributed by atoms with Crippen LogP contribution in [0, 0.1) is 5.92 Å². The number of nitrogens with one attached hydrogen (secondary N) is 1. The van der Waals surface area contributed by atoms with Gasteiger partial charge in [0.05, 0.1) is 11.0 Å². The second-order valence-corrected chi connectivity index (χ2v) is 33.8. The van der Waals surface area contributed by atoms with Gasteiger partial charge in [-0.3, -0.25) is 19.6 Å². The zero-order valence-electron chi connectivity index (χ0n) is 67.6. The molecule has 606 valence electrons. The van der Waals surface area contributed by atoms with E-state index in [1.807, 2.05) is 54.6 Å². The average molecular weight is 1820 g/mol. The third-order valence-electron chi connectivity index (χ3n) is 19.8. The number of pyridine rings is 2. The molecule has 0 amide bonds. The van der Waals surface area contributed by atoms with Gasteiger partial charge in [0, 0.05) is 75.7 Å². The number of para-hydroxylation sites is 2. The molecular formula is C94H101Br2ClF3K2N5O8S2. The van der Waals surface area contributed by atoms with Crippen LogP contribution in [0.5, 0.6) is 0 Å². The Morgan fingerprint density at radius 1 is 0.538 bits per heavy atom. The molecule has 14 rings (SSSR count). The van der Waals surface area contributed by atoms with Gasteiger partial charge < -0.3 is 22.6 Å².